The summed E-state index contributed by atoms with van der Waals surface area (Å²) in [5, 5.41) is 20.9. The Morgan fingerprint density at radius 1 is 1.55 bits per heavy atom. The maximum absolute atomic E-state index is 12.7. The molecule has 0 radical (unpaired) electrons. The molecular formula is C15H18N2O5. The summed E-state index contributed by atoms with van der Waals surface area (Å²) in [6, 6.07) is 2.15. The van der Waals surface area contributed by atoms with Crippen LogP contribution in [-0.4, -0.2) is 34.0 Å². The fourth-order valence-corrected chi connectivity index (χ4v) is 2.61. The fraction of sp³-hybridized carbons (Fsp3) is 0.400. The van der Waals surface area contributed by atoms with Gasteiger partial charge < -0.3 is 14.7 Å². The van der Waals surface area contributed by atoms with Gasteiger partial charge in [-0.25, -0.2) is 0 Å². The van der Waals surface area contributed by atoms with E-state index in [0.717, 1.165) is 24.5 Å². The van der Waals surface area contributed by atoms with Gasteiger partial charge >= 0.3 is 0 Å². The molecule has 1 aromatic rings. The molecule has 1 N–H and O–H groups in total. The first-order valence-corrected chi connectivity index (χ1v) is 6.94. The van der Waals surface area contributed by atoms with Crippen LogP contribution in [-0.2, 0) is 0 Å². The zero-order valence-corrected chi connectivity index (χ0v) is 12.7. The number of nitro groups is 1. The number of methoxy groups -OCH3 is 1. The summed E-state index contributed by atoms with van der Waals surface area (Å²) >= 11 is 0. The highest BCUT2D eigenvalue weighted by molar-refractivity contribution is 6.00. The van der Waals surface area contributed by atoms with Crippen LogP contribution in [0, 0.1) is 10.1 Å². The Bertz CT molecular complexity index is 654. The van der Waals surface area contributed by atoms with Gasteiger partial charge in [0.25, 0.3) is 11.6 Å². The number of benzene rings is 1. The van der Waals surface area contributed by atoms with Crippen molar-refractivity contribution in [1.82, 2.24) is 4.90 Å². The highest BCUT2D eigenvalue weighted by atomic mass is 16.6. The molecule has 1 aliphatic rings. The van der Waals surface area contributed by atoms with Gasteiger partial charge in [-0.1, -0.05) is 12.5 Å². The lowest BCUT2D eigenvalue weighted by atomic mass is 10.1. The van der Waals surface area contributed by atoms with Crippen LogP contribution in [0.15, 0.2) is 23.9 Å². The van der Waals surface area contributed by atoms with E-state index >= 15 is 0 Å². The lowest BCUT2D eigenvalue weighted by molar-refractivity contribution is -0.385. The van der Waals surface area contributed by atoms with Gasteiger partial charge in [0.2, 0.25) is 0 Å². The fourth-order valence-electron chi connectivity index (χ4n) is 2.61. The number of hydrogen-bond donors (Lipinski definition) is 1. The number of phenolic OH excluding ortho intramolecular Hbond substituents is 1. The molecule has 0 aromatic heterocycles. The number of carbonyl (C=O) groups excluding carboxylic acids is 1. The molecule has 7 nitrogen and oxygen atoms in total. The second-order valence-electron chi connectivity index (χ2n) is 5.25. The van der Waals surface area contributed by atoms with Gasteiger partial charge in [-0.05, 0) is 19.8 Å². The van der Waals surface area contributed by atoms with Crippen LogP contribution < -0.4 is 4.74 Å². The van der Waals surface area contributed by atoms with Crippen LogP contribution >= 0.6 is 0 Å². The lowest BCUT2D eigenvalue weighted by Crippen LogP contribution is -2.32. The lowest BCUT2D eigenvalue weighted by Gasteiger charge is -2.22. The van der Waals surface area contributed by atoms with E-state index in [4.69, 9.17) is 4.74 Å². The number of carbonyl (C=O) groups is 1. The second-order valence-corrected chi connectivity index (χ2v) is 5.25. The number of nitro benzene ring substituents is 1. The van der Waals surface area contributed by atoms with Crippen LogP contribution in [0.25, 0.3) is 0 Å². The van der Waals surface area contributed by atoms with Gasteiger partial charge in [0.1, 0.15) is 5.56 Å². The van der Waals surface area contributed by atoms with Crippen LogP contribution in [0.1, 0.15) is 37.0 Å². The average Bonchev–Trinajstić information content (AvgIpc) is 2.87. The summed E-state index contributed by atoms with van der Waals surface area (Å²) in [4.78, 5) is 24.7. The molecule has 2 rings (SSSR count). The molecule has 0 unspecified atom stereocenters. The van der Waals surface area contributed by atoms with E-state index in [1.165, 1.54) is 18.1 Å². The molecule has 1 amide bonds. The Balaban J connectivity index is 2.50. The highest BCUT2D eigenvalue weighted by Gasteiger charge is 2.32. The number of rotatable bonds is 4. The largest absolute Gasteiger partial charge is 0.504 e. The predicted molar refractivity (Wildman–Crippen MR) is 79.9 cm³/mol. The molecule has 22 heavy (non-hydrogen) atoms. The number of phenols is 1. The van der Waals surface area contributed by atoms with Crippen molar-refractivity contribution in [3.63, 3.8) is 0 Å². The van der Waals surface area contributed by atoms with Crippen LogP contribution in [0.4, 0.5) is 5.69 Å². The average molecular weight is 306 g/mol. The number of amides is 1. The summed E-state index contributed by atoms with van der Waals surface area (Å²) in [6.07, 6.45) is 3.23. The predicted octanol–water partition coefficient (Wildman–Crippen LogP) is 2.84. The zero-order valence-electron chi connectivity index (χ0n) is 12.7. The summed E-state index contributed by atoms with van der Waals surface area (Å²) in [5.74, 6) is -0.804. The van der Waals surface area contributed by atoms with Gasteiger partial charge in [-0.3, -0.25) is 14.9 Å². The molecule has 0 fully saturated rings. The Kier molecular flexibility index (Phi) is 4.35. The molecule has 0 aliphatic carbocycles. The standard InChI is InChI=1S/C15H18N2O5/c1-4-10-5-9(2)8-16(10)15(19)11-6-14(22-3)13(18)7-12(11)17(20)21/h6-8,10,18H,4-5H2,1-3H3/t10-/m1/s1. The van der Waals surface area contributed by atoms with Crippen molar-refractivity contribution in [1.29, 1.82) is 0 Å². The molecule has 7 heteroatoms. The first-order chi connectivity index (χ1) is 10.4. The summed E-state index contributed by atoms with van der Waals surface area (Å²) < 4.78 is 4.95. The first kappa shape index (κ1) is 15.8. The Labute approximate surface area is 128 Å². The second kappa shape index (κ2) is 6.05. The van der Waals surface area contributed by atoms with Crippen LogP contribution in [0.5, 0.6) is 11.5 Å². The minimum absolute atomic E-state index is 0.00750. The summed E-state index contributed by atoms with van der Waals surface area (Å²) in [6.45, 7) is 3.88. The highest BCUT2D eigenvalue weighted by Crippen LogP contribution is 2.35. The van der Waals surface area contributed by atoms with E-state index in [-0.39, 0.29) is 23.1 Å². The number of ether oxygens (including phenoxy) is 1. The molecule has 1 aliphatic heterocycles. The Morgan fingerprint density at radius 2 is 2.23 bits per heavy atom. The molecule has 1 atom stereocenters. The monoisotopic (exact) mass is 306 g/mol. The third-order valence-corrected chi connectivity index (χ3v) is 3.74. The zero-order chi connectivity index (χ0) is 16.4. The van der Waals surface area contributed by atoms with Crippen molar-refractivity contribution < 1.29 is 19.6 Å². The minimum Gasteiger partial charge on any atom is -0.504 e. The van der Waals surface area contributed by atoms with Crippen LogP contribution in [0.3, 0.4) is 0 Å². The van der Waals surface area contributed by atoms with Crippen molar-refractivity contribution in [3.05, 3.63) is 39.6 Å². The van der Waals surface area contributed by atoms with E-state index in [2.05, 4.69) is 0 Å². The van der Waals surface area contributed by atoms with Gasteiger partial charge in [-0.15, -0.1) is 0 Å². The molecule has 1 heterocycles. The first-order valence-electron chi connectivity index (χ1n) is 6.94. The Hall–Kier alpha value is -2.57. The van der Waals surface area contributed by atoms with Crippen molar-refractivity contribution in [2.24, 2.45) is 0 Å². The summed E-state index contributed by atoms with van der Waals surface area (Å²) in [5.41, 5.74) is 0.522. The molecule has 0 saturated carbocycles. The van der Waals surface area contributed by atoms with Crippen LogP contribution in [0.2, 0.25) is 0 Å². The smallest absolute Gasteiger partial charge is 0.286 e. The number of aromatic hydroxyl groups is 1. The molecule has 0 saturated heterocycles. The van der Waals surface area contributed by atoms with Crippen molar-refractivity contribution in [2.75, 3.05) is 7.11 Å². The maximum Gasteiger partial charge on any atom is 0.286 e. The topological polar surface area (TPSA) is 92.9 Å². The van der Waals surface area contributed by atoms with E-state index in [0.29, 0.717) is 0 Å². The summed E-state index contributed by atoms with van der Waals surface area (Å²) in [7, 11) is 1.32. The van der Waals surface area contributed by atoms with E-state index in [1.807, 2.05) is 13.8 Å². The quantitative estimate of drug-likeness (QED) is 0.682. The number of nitrogens with zero attached hydrogens (tertiary/aromatic N) is 2. The molecule has 0 bridgehead atoms. The van der Waals surface area contributed by atoms with E-state index < -0.39 is 16.5 Å². The molecule has 118 valence electrons. The van der Waals surface area contributed by atoms with Crippen molar-refractivity contribution >= 4 is 11.6 Å². The van der Waals surface area contributed by atoms with Gasteiger partial charge in [0.05, 0.1) is 18.1 Å². The van der Waals surface area contributed by atoms with Crippen molar-refractivity contribution in [2.45, 2.75) is 32.7 Å². The minimum atomic E-state index is -0.681. The van der Waals surface area contributed by atoms with Gasteiger partial charge in [-0.2, -0.15) is 0 Å². The molecule has 1 aromatic carbocycles. The number of hydrogen-bond acceptors (Lipinski definition) is 5. The van der Waals surface area contributed by atoms with Gasteiger partial charge in [0.15, 0.2) is 11.5 Å². The van der Waals surface area contributed by atoms with Crippen molar-refractivity contribution in [3.8, 4) is 11.5 Å². The molecular weight excluding hydrogens is 288 g/mol. The maximum atomic E-state index is 12.7. The van der Waals surface area contributed by atoms with E-state index in [1.54, 1.807) is 6.20 Å². The third-order valence-electron chi connectivity index (χ3n) is 3.74. The normalized spacial score (nSPS) is 17.3. The Morgan fingerprint density at radius 3 is 2.77 bits per heavy atom. The SMILES string of the molecule is CC[C@@H]1CC(C)=CN1C(=O)c1cc(OC)c(O)cc1[N+](=O)[O-]. The van der Waals surface area contributed by atoms with E-state index in [9.17, 15) is 20.0 Å². The molecule has 0 spiro atoms. The third kappa shape index (κ3) is 2.74. The van der Waals surface area contributed by atoms with Gasteiger partial charge in [0, 0.05) is 18.3 Å².